The van der Waals surface area contributed by atoms with Crippen LogP contribution < -0.4 is 10.2 Å². The minimum absolute atomic E-state index is 0.684. The molecule has 1 aromatic carbocycles. The van der Waals surface area contributed by atoms with Crippen LogP contribution in [0.25, 0.3) is 0 Å². The van der Waals surface area contributed by atoms with Crippen LogP contribution in [0.15, 0.2) is 18.2 Å². The van der Waals surface area contributed by atoms with Crippen LogP contribution in [0.3, 0.4) is 0 Å². The van der Waals surface area contributed by atoms with Crippen molar-refractivity contribution >= 4 is 17.3 Å². The van der Waals surface area contributed by atoms with Gasteiger partial charge in [0.15, 0.2) is 0 Å². The summed E-state index contributed by atoms with van der Waals surface area (Å²) in [6.45, 7) is 7.54. The summed E-state index contributed by atoms with van der Waals surface area (Å²) in [4.78, 5) is 2.54. The summed E-state index contributed by atoms with van der Waals surface area (Å²) in [5.41, 5.74) is 2.50. The number of halogens is 1. The first-order chi connectivity index (χ1) is 9.76. The van der Waals surface area contributed by atoms with Crippen LogP contribution in [0, 0.1) is 0 Å². The second kappa shape index (κ2) is 7.90. The molecule has 1 N–H and O–H groups in total. The van der Waals surface area contributed by atoms with E-state index in [0.29, 0.717) is 6.04 Å². The minimum Gasteiger partial charge on any atom is -0.369 e. The summed E-state index contributed by atoms with van der Waals surface area (Å²) in [5, 5.41) is 4.31. The third-order valence-corrected chi connectivity index (χ3v) is 4.56. The van der Waals surface area contributed by atoms with E-state index in [0.717, 1.165) is 24.5 Å². The van der Waals surface area contributed by atoms with Crippen molar-refractivity contribution in [1.82, 2.24) is 5.32 Å². The Labute approximate surface area is 128 Å². The molecule has 1 aliphatic rings. The molecule has 2 rings (SSSR count). The van der Waals surface area contributed by atoms with Gasteiger partial charge in [-0.05, 0) is 56.3 Å². The summed E-state index contributed by atoms with van der Waals surface area (Å²) < 4.78 is 0. The van der Waals surface area contributed by atoms with Crippen LogP contribution in [0.1, 0.15) is 51.5 Å². The van der Waals surface area contributed by atoms with E-state index in [9.17, 15) is 0 Å². The highest BCUT2D eigenvalue weighted by Crippen LogP contribution is 2.30. The molecule has 0 amide bonds. The van der Waals surface area contributed by atoms with E-state index in [2.05, 4.69) is 42.3 Å². The maximum absolute atomic E-state index is 6.45. The van der Waals surface area contributed by atoms with Gasteiger partial charge in [-0.15, -0.1) is 0 Å². The number of benzene rings is 1. The second-order valence-corrected chi connectivity index (χ2v) is 6.11. The molecule has 20 heavy (non-hydrogen) atoms. The molecule has 1 saturated heterocycles. The number of nitrogens with one attached hydrogen (secondary N) is 1. The third kappa shape index (κ3) is 3.89. The Morgan fingerprint density at radius 1 is 1.30 bits per heavy atom. The van der Waals surface area contributed by atoms with Gasteiger partial charge < -0.3 is 10.2 Å². The molecule has 0 radical (unpaired) electrons. The lowest BCUT2D eigenvalue weighted by atomic mass is 9.99. The van der Waals surface area contributed by atoms with Gasteiger partial charge in [0.1, 0.15) is 0 Å². The van der Waals surface area contributed by atoms with Crippen molar-refractivity contribution in [2.45, 2.75) is 58.5 Å². The summed E-state index contributed by atoms with van der Waals surface area (Å²) in [6.07, 6.45) is 6.35. The molecule has 0 aliphatic carbocycles. The maximum atomic E-state index is 6.45. The summed E-state index contributed by atoms with van der Waals surface area (Å²) in [7, 11) is 0. The van der Waals surface area contributed by atoms with E-state index in [4.69, 9.17) is 11.6 Å². The topological polar surface area (TPSA) is 15.3 Å². The first-order valence-corrected chi connectivity index (χ1v) is 8.39. The molecular formula is C17H27ClN2. The zero-order valence-corrected chi connectivity index (χ0v) is 13.5. The minimum atomic E-state index is 0.684. The molecule has 1 fully saturated rings. The zero-order valence-electron chi connectivity index (χ0n) is 12.8. The lowest BCUT2D eigenvalue weighted by molar-refractivity contribution is 0.450. The maximum Gasteiger partial charge on any atom is 0.0471 e. The number of rotatable bonds is 6. The van der Waals surface area contributed by atoms with Crippen LogP contribution in [0.4, 0.5) is 5.69 Å². The first kappa shape index (κ1) is 15.7. The molecule has 3 heteroatoms. The Hall–Kier alpha value is -0.730. The zero-order chi connectivity index (χ0) is 14.4. The molecule has 1 atom stereocenters. The Kier molecular flexibility index (Phi) is 6.18. The first-order valence-electron chi connectivity index (χ1n) is 8.02. The van der Waals surface area contributed by atoms with Crippen molar-refractivity contribution in [2.24, 2.45) is 0 Å². The van der Waals surface area contributed by atoms with Gasteiger partial charge in [-0.2, -0.15) is 0 Å². The Balaban J connectivity index is 2.07. The quantitative estimate of drug-likeness (QED) is 0.771. The van der Waals surface area contributed by atoms with Crippen LogP contribution in [0.2, 0.25) is 5.02 Å². The van der Waals surface area contributed by atoms with Gasteiger partial charge >= 0.3 is 0 Å². The van der Waals surface area contributed by atoms with Gasteiger partial charge in [-0.1, -0.05) is 31.5 Å². The largest absolute Gasteiger partial charge is 0.369 e. The van der Waals surface area contributed by atoms with Gasteiger partial charge in [0.25, 0.3) is 0 Å². The highest BCUT2D eigenvalue weighted by atomic mass is 35.5. The molecule has 1 aliphatic heterocycles. The molecule has 1 heterocycles. The lowest BCUT2D eigenvalue weighted by Gasteiger charge is -2.37. The molecule has 0 spiro atoms. The normalized spacial score (nSPS) is 19.4. The third-order valence-electron chi connectivity index (χ3n) is 4.21. The molecule has 1 unspecified atom stereocenters. The Bertz CT molecular complexity index is 419. The van der Waals surface area contributed by atoms with Gasteiger partial charge in [-0.25, -0.2) is 0 Å². The second-order valence-electron chi connectivity index (χ2n) is 5.70. The smallest absolute Gasteiger partial charge is 0.0471 e. The van der Waals surface area contributed by atoms with Crippen LogP contribution >= 0.6 is 11.6 Å². The average Bonchev–Trinajstić information content (AvgIpc) is 2.49. The van der Waals surface area contributed by atoms with Crippen molar-refractivity contribution < 1.29 is 0 Å². The fraction of sp³-hybridized carbons (Fsp3) is 0.647. The van der Waals surface area contributed by atoms with Gasteiger partial charge in [-0.3, -0.25) is 0 Å². The van der Waals surface area contributed by atoms with Crippen LogP contribution in [0.5, 0.6) is 0 Å². The summed E-state index contributed by atoms with van der Waals surface area (Å²) in [6, 6.07) is 7.26. The molecular weight excluding hydrogens is 268 g/mol. The molecule has 2 nitrogen and oxygen atoms in total. The fourth-order valence-corrected chi connectivity index (χ4v) is 3.26. The highest BCUT2D eigenvalue weighted by Gasteiger charge is 2.21. The van der Waals surface area contributed by atoms with E-state index in [1.165, 1.54) is 43.5 Å². The van der Waals surface area contributed by atoms with Crippen molar-refractivity contribution in [3.63, 3.8) is 0 Å². The molecule has 0 bridgehead atoms. The Morgan fingerprint density at radius 3 is 2.85 bits per heavy atom. The van der Waals surface area contributed by atoms with E-state index in [-0.39, 0.29) is 0 Å². The number of hydrogen-bond donors (Lipinski definition) is 1. The van der Waals surface area contributed by atoms with Crippen molar-refractivity contribution in [1.29, 1.82) is 0 Å². The van der Waals surface area contributed by atoms with Gasteiger partial charge in [0.05, 0.1) is 0 Å². The number of nitrogens with zero attached hydrogens (tertiary/aromatic N) is 1. The monoisotopic (exact) mass is 294 g/mol. The number of piperidine rings is 1. The van der Waals surface area contributed by atoms with Crippen LogP contribution in [-0.2, 0) is 6.54 Å². The highest BCUT2D eigenvalue weighted by molar-refractivity contribution is 6.31. The van der Waals surface area contributed by atoms with Crippen molar-refractivity contribution in [3.05, 3.63) is 28.8 Å². The Morgan fingerprint density at radius 2 is 2.15 bits per heavy atom. The molecule has 0 aromatic heterocycles. The van der Waals surface area contributed by atoms with Crippen molar-refractivity contribution in [2.75, 3.05) is 18.0 Å². The predicted molar refractivity (Wildman–Crippen MR) is 88.7 cm³/mol. The van der Waals surface area contributed by atoms with E-state index in [1.54, 1.807) is 0 Å². The number of hydrogen-bond acceptors (Lipinski definition) is 2. The van der Waals surface area contributed by atoms with Crippen molar-refractivity contribution in [3.8, 4) is 0 Å². The molecule has 1 aromatic rings. The van der Waals surface area contributed by atoms with Gasteiger partial charge in [0.2, 0.25) is 0 Å². The molecule has 0 saturated carbocycles. The SMILES string of the molecule is CCCNCc1ccc(N2CCCCC2CC)cc1Cl. The van der Waals surface area contributed by atoms with Gasteiger partial charge in [0, 0.05) is 29.8 Å². The predicted octanol–water partition coefficient (Wildman–Crippen LogP) is 4.61. The molecule has 112 valence electrons. The van der Waals surface area contributed by atoms with E-state index < -0.39 is 0 Å². The average molecular weight is 295 g/mol. The lowest BCUT2D eigenvalue weighted by Crippen LogP contribution is -2.39. The summed E-state index contributed by atoms with van der Waals surface area (Å²) >= 11 is 6.45. The van der Waals surface area contributed by atoms with E-state index >= 15 is 0 Å². The van der Waals surface area contributed by atoms with E-state index in [1.807, 2.05) is 0 Å². The number of anilines is 1. The summed E-state index contributed by atoms with van der Waals surface area (Å²) in [5.74, 6) is 0. The fourth-order valence-electron chi connectivity index (χ4n) is 3.02. The standard InChI is InChI=1S/C17H27ClN2/c1-3-10-19-13-14-8-9-16(12-17(14)18)20-11-6-5-7-15(20)4-2/h8-9,12,15,19H,3-7,10-11,13H2,1-2H3. The van der Waals surface area contributed by atoms with Crippen LogP contribution in [-0.4, -0.2) is 19.1 Å².